The maximum Gasteiger partial charge on any atom is 0.295 e. The van der Waals surface area contributed by atoms with Crippen LogP contribution in [-0.2, 0) is 20.9 Å². The van der Waals surface area contributed by atoms with Gasteiger partial charge in [-0.05, 0) is 53.9 Å². The summed E-state index contributed by atoms with van der Waals surface area (Å²) in [4.78, 5) is 27.4. The summed E-state index contributed by atoms with van der Waals surface area (Å²) in [5.74, 6) is -0.971. The summed E-state index contributed by atoms with van der Waals surface area (Å²) >= 11 is 6.05. The van der Waals surface area contributed by atoms with Crippen molar-refractivity contribution < 1.29 is 24.2 Å². The average Bonchev–Trinajstić information content (AvgIpc) is 3.13. The monoisotopic (exact) mass is 491 g/mol. The van der Waals surface area contributed by atoms with Crippen LogP contribution in [0.3, 0.4) is 0 Å². The molecular weight excluding hydrogens is 466 g/mol. The van der Waals surface area contributed by atoms with Crippen molar-refractivity contribution >= 4 is 29.1 Å². The van der Waals surface area contributed by atoms with Crippen molar-refractivity contribution in [1.82, 2.24) is 4.90 Å². The van der Waals surface area contributed by atoms with Crippen LogP contribution >= 0.6 is 11.6 Å². The number of carbonyl (C=O) groups is 2. The molecule has 1 N–H and O–H groups in total. The minimum atomic E-state index is -0.724. The third-order valence-electron chi connectivity index (χ3n) is 5.85. The van der Waals surface area contributed by atoms with Gasteiger partial charge in [0, 0.05) is 30.8 Å². The van der Waals surface area contributed by atoms with Crippen LogP contribution in [0.1, 0.15) is 29.2 Å². The van der Waals surface area contributed by atoms with Crippen LogP contribution in [0.2, 0.25) is 5.02 Å². The van der Waals surface area contributed by atoms with Crippen molar-refractivity contribution in [2.45, 2.75) is 19.1 Å². The van der Waals surface area contributed by atoms with Gasteiger partial charge in [0.05, 0.1) is 11.6 Å². The lowest BCUT2D eigenvalue weighted by Crippen LogP contribution is -2.31. The number of hydrogen-bond donors (Lipinski definition) is 1. The standard InChI is InChI=1S/C28H26ClNO5/c1-34-17-5-16-30-25(20-8-12-22(29)13-9-20)24(27(32)28(30)33)26(31)21-10-14-23(15-11-21)35-18-19-6-3-2-4-7-19/h2-4,6-15,25,31H,5,16-18H2,1H3/b26-24+. The fraction of sp³-hybridized carbons (Fsp3) is 0.214. The van der Waals surface area contributed by atoms with Crippen LogP contribution in [0, 0.1) is 0 Å². The minimum absolute atomic E-state index is 0.0488. The number of amides is 1. The number of carbonyl (C=O) groups excluding carboxylic acids is 2. The lowest BCUT2D eigenvalue weighted by molar-refractivity contribution is -0.140. The quantitative estimate of drug-likeness (QED) is 0.188. The van der Waals surface area contributed by atoms with E-state index in [1.807, 2.05) is 30.3 Å². The molecule has 35 heavy (non-hydrogen) atoms. The fourth-order valence-corrected chi connectivity index (χ4v) is 4.21. The summed E-state index contributed by atoms with van der Waals surface area (Å²) in [6.45, 7) is 1.17. The molecule has 1 amide bonds. The molecule has 1 atom stereocenters. The van der Waals surface area contributed by atoms with Crippen molar-refractivity contribution in [2.24, 2.45) is 0 Å². The molecule has 1 aliphatic heterocycles. The third kappa shape index (κ3) is 5.56. The predicted octanol–water partition coefficient (Wildman–Crippen LogP) is 5.38. The minimum Gasteiger partial charge on any atom is -0.507 e. The van der Waals surface area contributed by atoms with E-state index in [1.165, 1.54) is 4.90 Å². The zero-order valence-electron chi connectivity index (χ0n) is 19.3. The maximum atomic E-state index is 13.0. The molecule has 1 fully saturated rings. The summed E-state index contributed by atoms with van der Waals surface area (Å²) < 4.78 is 10.9. The number of aliphatic hydroxyl groups excluding tert-OH is 1. The molecule has 1 unspecified atom stereocenters. The van der Waals surface area contributed by atoms with E-state index >= 15 is 0 Å². The molecule has 6 nitrogen and oxygen atoms in total. The van der Waals surface area contributed by atoms with E-state index in [0.717, 1.165) is 5.56 Å². The number of Topliss-reactive ketones (excluding diaryl/α,β-unsaturated/α-hetero) is 1. The van der Waals surface area contributed by atoms with Crippen molar-refractivity contribution in [3.63, 3.8) is 0 Å². The zero-order chi connectivity index (χ0) is 24.8. The van der Waals surface area contributed by atoms with Crippen LogP contribution in [0.15, 0.2) is 84.4 Å². The number of nitrogens with zero attached hydrogens (tertiary/aromatic N) is 1. The molecule has 0 radical (unpaired) electrons. The highest BCUT2D eigenvalue weighted by Crippen LogP contribution is 2.39. The molecular formula is C28H26ClNO5. The lowest BCUT2D eigenvalue weighted by Gasteiger charge is -2.25. The Balaban J connectivity index is 1.63. The van der Waals surface area contributed by atoms with E-state index < -0.39 is 17.7 Å². The Morgan fingerprint density at radius 3 is 2.31 bits per heavy atom. The lowest BCUT2D eigenvalue weighted by atomic mass is 9.95. The Hall–Kier alpha value is -3.61. The van der Waals surface area contributed by atoms with Gasteiger partial charge in [-0.25, -0.2) is 0 Å². The first-order chi connectivity index (χ1) is 17.0. The van der Waals surface area contributed by atoms with Gasteiger partial charge in [0.1, 0.15) is 18.1 Å². The SMILES string of the molecule is COCCCN1C(=O)C(=O)/C(=C(/O)c2ccc(OCc3ccccc3)cc2)C1c1ccc(Cl)cc1. The molecule has 0 spiro atoms. The van der Waals surface area contributed by atoms with Crippen molar-refractivity contribution in [3.05, 3.63) is 106 Å². The number of likely N-dealkylation sites (tertiary alicyclic amines) is 1. The highest BCUT2D eigenvalue weighted by Gasteiger charge is 2.45. The molecule has 0 bridgehead atoms. The van der Waals surface area contributed by atoms with E-state index in [2.05, 4.69) is 0 Å². The van der Waals surface area contributed by atoms with Crippen molar-refractivity contribution in [2.75, 3.05) is 20.3 Å². The number of benzene rings is 3. The van der Waals surface area contributed by atoms with E-state index in [9.17, 15) is 14.7 Å². The summed E-state index contributed by atoms with van der Waals surface area (Å²) in [5, 5.41) is 11.7. The Bertz CT molecular complexity index is 1210. The van der Waals surface area contributed by atoms with E-state index in [0.29, 0.717) is 48.1 Å². The van der Waals surface area contributed by atoms with Crippen LogP contribution in [0.4, 0.5) is 0 Å². The Morgan fingerprint density at radius 2 is 1.66 bits per heavy atom. The van der Waals surface area contributed by atoms with Crippen LogP contribution in [0.25, 0.3) is 5.76 Å². The van der Waals surface area contributed by atoms with Crippen molar-refractivity contribution in [3.8, 4) is 5.75 Å². The van der Waals surface area contributed by atoms with E-state index in [1.54, 1.807) is 55.6 Å². The number of halogens is 1. The van der Waals surface area contributed by atoms with Gasteiger partial charge in [-0.2, -0.15) is 0 Å². The zero-order valence-corrected chi connectivity index (χ0v) is 20.1. The average molecular weight is 492 g/mol. The smallest absolute Gasteiger partial charge is 0.295 e. The first-order valence-corrected chi connectivity index (χ1v) is 11.7. The van der Waals surface area contributed by atoms with Gasteiger partial charge in [-0.3, -0.25) is 9.59 Å². The highest BCUT2D eigenvalue weighted by atomic mass is 35.5. The molecule has 3 aromatic rings. The molecule has 3 aromatic carbocycles. The normalized spacial score (nSPS) is 17.1. The molecule has 0 aliphatic carbocycles. The van der Waals surface area contributed by atoms with Gasteiger partial charge in [-0.1, -0.05) is 54.1 Å². The molecule has 180 valence electrons. The molecule has 1 aliphatic rings. The largest absolute Gasteiger partial charge is 0.507 e. The first kappa shape index (κ1) is 24.5. The second-order valence-electron chi connectivity index (χ2n) is 8.19. The Kier molecular flexibility index (Phi) is 7.85. The highest BCUT2D eigenvalue weighted by molar-refractivity contribution is 6.46. The van der Waals surface area contributed by atoms with Gasteiger partial charge in [0.2, 0.25) is 0 Å². The summed E-state index contributed by atoms with van der Waals surface area (Å²) in [5.41, 5.74) is 2.20. The Labute approximate surface area is 209 Å². The molecule has 7 heteroatoms. The van der Waals surface area contributed by atoms with Gasteiger partial charge < -0.3 is 19.5 Å². The fourth-order valence-electron chi connectivity index (χ4n) is 4.09. The predicted molar refractivity (Wildman–Crippen MR) is 134 cm³/mol. The molecule has 4 rings (SSSR count). The van der Waals surface area contributed by atoms with Crippen LogP contribution in [-0.4, -0.2) is 42.0 Å². The second kappa shape index (κ2) is 11.2. The number of methoxy groups -OCH3 is 1. The second-order valence-corrected chi connectivity index (χ2v) is 8.63. The number of hydrogen-bond acceptors (Lipinski definition) is 5. The Morgan fingerprint density at radius 1 is 0.971 bits per heavy atom. The van der Waals surface area contributed by atoms with E-state index in [-0.39, 0.29) is 11.3 Å². The van der Waals surface area contributed by atoms with Crippen LogP contribution < -0.4 is 4.74 Å². The van der Waals surface area contributed by atoms with Gasteiger partial charge in [0.25, 0.3) is 11.7 Å². The van der Waals surface area contributed by atoms with Gasteiger partial charge in [-0.15, -0.1) is 0 Å². The van der Waals surface area contributed by atoms with Gasteiger partial charge in [0.15, 0.2) is 0 Å². The van der Waals surface area contributed by atoms with Crippen molar-refractivity contribution in [1.29, 1.82) is 0 Å². The number of aliphatic hydroxyl groups is 1. The summed E-state index contributed by atoms with van der Waals surface area (Å²) in [6, 6.07) is 22.8. The first-order valence-electron chi connectivity index (χ1n) is 11.3. The summed E-state index contributed by atoms with van der Waals surface area (Å²) in [7, 11) is 1.58. The molecule has 1 heterocycles. The molecule has 1 saturated heterocycles. The summed E-state index contributed by atoms with van der Waals surface area (Å²) in [6.07, 6.45) is 0.557. The number of ketones is 1. The van der Waals surface area contributed by atoms with Gasteiger partial charge >= 0.3 is 0 Å². The number of rotatable bonds is 9. The molecule has 0 saturated carbocycles. The topological polar surface area (TPSA) is 76.1 Å². The number of ether oxygens (including phenoxy) is 2. The third-order valence-corrected chi connectivity index (χ3v) is 6.10. The van der Waals surface area contributed by atoms with E-state index in [4.69, 9.17) is 21.1 Å². The molecule has 0 aromatic heterocycles. The van der Waals surface area contributed by atoms with Crippen LogP contribution in [0.5, 0.6) is 5.75 Å². The maximum absolute atomic E-state index is 13.0.